The van der Waals surface area contributed by atoms with Crippen LogP contribution in [0.3, 0.4) is 0 Å². The molecule has 0 radical (unpaired) electrons. The smallest absolute Gasteiger partial charge is 0.238 e. The highest BCUT2D eigenvalue weighted by Crippen LogP contribution is 2.21. The first-order chi connectivity index (χ1) is 11.5. The molecule has 0 fully saturated rings. The molecule has 0 unspecified atom stereocenters. The summed E-state index contributed by atoms with van der Waals surface area (Å²) in [6, 6.07) is 12.4. The number of aromatic amines is 1. The standard InChI is InChI=1S/C20H23N3O/c1-13-9-14(2)20(15(3)10-13)23-19(24)12-21-11-16-5-4-6-18-17(16)7-8-22-18/h4-10,21-22H,11-12H2,1-3H3,(H,23,24). The maximum absolute atomic E-state index is 12.2. The summed E-state index contributed by atoms with van der Waals surface area (Å²) in [5.41, 5.74) is 6.62. The van der Waals surface area contributed by atoms with Gasteiger partial charge in [-0.3, -0.25) is 4.79 Å². The Balaban J connectivity index is 1.59. The largest absolute Gasteiger partial charge is 0.361 e. The number of carbonyl (C=O) groups excluding carboxylic acids is 1. The maximum Gasteiger partial charge on any atom is 0.238 e. The molecule has 4 nitrogen and oxygen atoms in total. The van der Waals surface area contributed by atoms with Gasteiger partial charge in [-0.2, -0.15) is 0 Å². The number of carbonyl (C=O) groups is 1. The van der Waals surface area contributed by atoms with Crippen LogP contribution in [0, 0.1) is 20.8 Å². The average Bonchev–Trinajstić information content (AvgIpc) is 3.00. The molecule has 2 aromatic carbocycles. The zero-order chi connectivity index (χ0) is 17.1. The molecule has 0 aliphatic rings. The van der Waals surface area contributed by atoms with Crippen molar-refractivity contribution in [2.24, 2.45) is 0 Å². The van der Waals surface area contributed by atoms with E-state index in [1.807, 2.05) is 26.1 Å². The molecule has 1 amide bonds. The summed E-state index contributed by atoms with van der Waals surface area (Å²) in [5.74, 6) is -0.0219. The van der Waals surface area contributed by atoms with Crippen molar-refractivity contribution in [3.8, 4) is 0 Å². The van der Waals surface area contributed by atoms with Crippen LogP contribution in [-0.2, 0) is 11.3 Å². The lowest BCUT2D eigenvalue weighted by molar-refractivity contribution is -0.115. The highest BCUT2D eigenvalue weighted by molar-refractivity contribution is 5.93. The number of aromatic nitrogens is 1. The fraction of sp³-hybridized carbons (Fsp3) is 0.250. The van der Waals surface area contributed by atoms with E-state index in [9.17, 15) is 4.79 Å². The van der Waals surface area contributed by atoms with E-state index in [0.29, 0.717) is 6.54 Å². The molecule has 0 saturated heterocycles. The molecule has 3 aromatic rings. The van der Waals surface area contributed by atoms with Crippen LogP contribution in [0.1, 0.15) is 22.3 Å². The van der Waals surface area contributed by atoms with Gasteiger partial charge in [-0.25, -0.2) is 0 Å². The Bertz CT molecular complexity index is 856. The number of hydrogen-bond donors (Lipinski definition) is 3. The van der Waals surface area contributed by atoms with E-state index in [2.05, 4.69) is 52.9 Å². The number of hydrogen-bond acceptors (Lipinski definition) is 2. The van der Waals surface area contributed by atoms with Gasteiger partial charge < -0.3 is 15.6 Å². The van der Waals surface area contributed by atoms with Crippen molar-refractivity contribution in [1.82, 2.24) is 10.3 Å². The molecular weight excluding hydrogens is 298 g/mol. The molecule has 24 heavy (non-hydrogen) atoms. The van der Waals surface area contributed by atoms with Crippen molar-refractivity contribution in [1.29, 1.82) is 0 Å². The number of aryl methyl sites for hydroxylation is 3. The minimum absolute atomic E-state index is 0.0219. The summed E-state index contributed by atoms with van der Waals surface area (Å²) in [7, 11) is 0. The van der Waals surface area contributed by atoms with Crippen LogP contribution in [-0.4, -0.2) is 17.4 Å². The molecular formula is C20H23N3O. The van der Waals surface area contributed by atoms with E-state index < -0.39 is 0 Å². The van der Waals surface area contributed by atoms with Gasteiger partial charge in [0, 0.05) is 29.3 Å². The van der Waals surface area contributed by atoms with E-state index in [1.165, 1.54) is 16.5 Å². The van der Waals surface area contributed by atoms with Gasteiger partial charge in [-0.1, -0.05) is 29.8 Å². The molecule has 4 heteroatoms. The van der Waals surface area contributed by atoms with Crippen LogP contribution in [0.15, 0.2) is 42.6 Å². The van der Waals surface area contributed by atoms with Gasteiger partial charge in [0.05, 0.1) is 6.54 Å². The van der Waals surface area contributed by atoms with Gasteiger partial charge in [-0.15, -0.1) is 0 Å². The molecule has 0 saturated carbocycles. The number of rotatable bonds is 5. The summed E-state index contributed by atoms with van der Waals surface area (Å²) in [6.45, 7) is 7.06. The Morgan fingerprint density at radius 1 is 1.08 bits per heavy atom. The van der Waals surface area contributed by atoms with Crippen molar-refractivity contribution in [3.05, 3.63) is 64.8 Å². The van der Waals surface area contributed by atoms with Crippen molar-refractivity contribution >= 4 is 22.5 Å². The monoisotopic (exact) mass is 321 g/mol. The first-order valence-corrected chi connectivity index (χ1v) is 8.18. The molecule has 1 aromatic heterocycles. The van der Waals surface area contributed by atoms with Gasteiger partial charge in [0.25, 0.3) is 0 Å². The molecule has 0 aliphatic carbocycles. The third-order valence-corrected chi connectivity index (χ3v) is 4.23. The first-order valence-electron chi connectivity index (χ1n) is 8.18. The molecule has 0 bridgehead atoms. The van der Waals surface area contributed by atoms with Crippen LogP contribution in [0.5, 0.6) is 0 Å². The zero-order valence-corrected chi connectivity index (χ0v) is 14.4. The molecule has 124 valence electrons. The van der Waals surface area contributed by atoms with Crippen LogP contribution >= 0.6 is 0 Å². The van der Waals surface area contributed by atoms with Gasteiger partial charge in [0.15, 0.2) is 0 Å². The summed E-state index contributed by atoms with van der Waals surface area (Å²) >= 11 is 0. The van der Waals surface area contributed by atoms with Crippen molar-refractivity contribution < 1.29 is 4.79 Å². The fourth-order valence-corrected chi connectivity index (χ4v) is 3.18. The van der Waals surface area contributed by atoms with Gasteiger partial charge in [0.1, 0.15) is 0 Å². The number of fused-ring (bicyclic) bond motifs is 1. The van der Waals surface area contributed by atoms with Crippen LogP contribution in [0.2, 0.25) is 0 Å². The third kappa shape index (κ3) is 3.49. The lowest BCUT2D eigenvalue weighted by atomic mass is 10.1. The zero-order valence-electron chi connectivity index (χ0n) is 14.4. The van der Waals surface area contributed by atoms with Crippen LogP contribution in [0.25, 0.3) is 10.9 Å². The number of benzene rings is 2. The normalized spacial score (nSPS) is 11.0. The highest BCUT2D eigenvalue weighted by atomic mass is 16.1. The highest BCUT2D eigenvalue weighted by Gasteiger charge is 2.08. The molecule has 0 atom stereocenters. The number of H-pyrrole nitrogens is 1. The van der Waals surface area contributed by atoms with E-state index >= 15 is 0 Å². The second kappa shape index (κ2) is 6.89. The van der Waals surface area contributed by atoms with Crippen molar-refractivity contribution in [3.63, 3.8) is 0 Å². The Morgan fingerprint density at radius 3 is 2.58 bits per heavy atom. The van der Waals surface area contributed by atoms with E-state index in [1.54, 1.807) is 0 Å². The lowest BCUT2D eigenvalue weighted by Crippen LogP contribution is -2.28. The summed E-state index contributed by atoms with van der Waals surface area (Å²) in [5, 5.41) is 7.43. The van der Waals surface area contributed by atoms with E-state index in [0.717, 1.165) is 22.3 Å². The third-order valence-electron chi connectivity index (χ3n) is 4.23. The molecule has 3 N–H and O–H groups in total. The predicted octanol–water partition coefficient (Wildman–Crippen LogP) is 3.82. The van der Waals surface area contributed by atoms with Crippen LogP contribution < -0.4 is 10.6 Å². The second-order valence-electron chi connectivity index (χ2n) is 6.28. The van der Waals surface area contributed by atoms with Gasteiger partial charge in [-0.05, 0) is 49.6 Å². The predicted molar refractivity (Wildman–Crippen MR) is 99.3 cm³/mol. The Labute approximate surface area is 142 Å². The van der Waals surface area contributed by atoms with Gasteiger partial charge in [0.2, 0.25) is 5.91 Å². The van der Waals surface area contributed by atoms with Gasteiger partial charge >= 0.3 is 0 Å². The first kappa shape index (κ1) is 16.3. The minimum atomic E-state index is -0.0219. The Hall–Kier alpha value is -2.59. The topological polar surface area (TPSA) is 56.9 Å². The Morgan fingerprint density at radius 2 is 1.83 bits per heavy atom. The van der Waals surface area contributed by atoms with Crippen molar-refractivity contribution in [2.75, 3.05) is 11.9 Å². The Kier molecular flexibility index (Phi) is 4.67. The summed E-state index contributed by atoms with van der Waals surface area (Å²) < 4.78 is 0. The molecule has 1 heterocycles. The number of nitrogens with one attached hydrogen (secondary N) is 3. The fourth-order valence-electron chi connectivity index (χ4n) is 3.18. The average molecular weight is 321 g/mol. The van der Waals surface area contributed by atoms with Crippen molar-refractivity contribution in [2.45, 2.75) is 27.3 Å². The SMILES string of the molecule is Cc1cc(C)c(NC(=O)CNCc2cccc3[nH]ccc23)c(C)c1. The van der Waals surface area contributed by atoms with E-state index in [4.69, 9.17) is 0 Å². The maximum atomic E-state index is 12.2. The second-order valence-corrected chi connectivity index (χ2v) is 6.28. The number of anilines is 1. The lowest BCUT2D eigenvalue weighted by Gasteiger charge is -2.13. The molecule has 0 aliphatic heterocycles. The molecule has 0 spiro atoms. The van der Waals surface area contributed by atoms with E-state index in [-0.39, 0.29) is 12.5 Å². The summed E-state index contributed by atoms with van der Waals surface area (Å²) in [6.07, 6.45) is 1.93. The minimum Gasteiger partial charge on any atom is -0.361 e. The molecule has 3 rings (SSSR count). The van der Waals surface area contributed by atoms with Crippen LogP contribution in [0.4, 0.5) is 5.69 Å². The summed E-state index contributed by atoms with van der Waals surface area (Å²) in [4.78, 5) is 15.4. The number of amides is 1. The quantitative estimate of drug-likeness (QED) is 0.669.